The number of para-hydroxylation sites is 4. The number of nitrogens with zero attached hydrogens (tertiary/aromatic N) is 4. The first kappa shape index (κ1) is 40.6. The van der Waals surface area contributed by atoms with Crippen LogP contribution in [0.1, 0.15) is 5.56 Å². The topological polar surface area (TPSA) is 16.3 Å². The van der Waals surface area contributed by atoms with Crippen LogP contribution in [0.5, 0.6) is 0 Å². The Kier molecular flexibility index (Phi) is 8.93. The highest BCUT2D eigenvalue weighted by atomic mass is 15.2. The summed E-state index contributed by atoms with van der Waals surface area (Å²) in [4.78, 5) is 5.08. The van der Waals surface area contributed by atoms with Gasteiger partial charge < -0.3 is 18.9 Å². The van der Waals surface area contributed by atoms with E-state index in [9.17, 15) is 0 Å². The largest absolute Gasteiger partial charge is 0.311 e. The molecule has 0 atom stereocenters. The molecule has 2 aliphatic heterocycles. The van der Waals surface area contributed by atoms with Gasteiger partial charge in [0.1, 0.15) is 0 Å². The molecule has 15 rings (SSSR count). The monoisotopic (exact) mass is 916 g/mol. The van der Waals surface area contributed by atoms with E-state index < -0.39 is 0 Å². The number of aromatic nitrogens is 2. The maximum atomic E-state index is 2.54. The number of fused-ring (bicyclic) bond motifs is 10. The first-order valence-electron chi connectivity index (χ1n) is 25.0. The van der Waals surface area contributed by atoms with Crippen LogP contribution in [0.2, 0.25) is 0 Å². The zero-order valence-electron chi connectivity index (χ0n) is 39.6. The van der Waals surface area contributed by atoms with Crippen molar-refractivity contribution in [3.05, 3.63) is 260 Å². The number of rotatable bonds is 6. The van der Waals surface area contributed by atoms with Gasteiger partial charge in [-0.05, 0) is 136 Å². The molecule has 13 aromatic rings. The molecule has 0 spiro atoms. The van der Waals surface area contributed by atoms with Crippen molar-refractivity contribution in [1.29, 1.82) is 0 Å². The van der Waals surface area contributed by atoms with Crippen molar-refractivity contribution in [2.24, 2.45) is 0 Å². The van der Waals surface area contributed by atoms with Gasteiger partial charge in [-0.25, -0.2) is 0 Å². The third kappa shape index (κ3) is 6.07. The van der Waals surface area contributed by atoms with E-state index in [1.165, 1.54) is 111 Å². The fourth-order valence-corrected chi connectivity index (χ4v) is 12.2. The van der Waals surface area contributed by atoms with E-state index in [0.717, 1.165) is 22.7 Å². The smallest absolute Gasteiger partial charge is 0.252 e. The van der Waals surface area contributed by atoms with E-state index in [2.05, 4.69) is 281 Å². The summed E-state index contributed by atoms with van der Waals surface area (Å²) in [6, 6.07) is 94.3. The second-order valence-corrected chi connectivity index (χ2v) is 19.4. The summed E-state index contributed by atoms with van der Waals surface area (Å²) >= 11 is 0. The molecule has 0 saturated heterocycles. The SMILES string of the molecule is Cc1cc2c3c(c1)N(c1ccc(-c4ccccc4)cc1)c1cc(-n4c5ccccc5c5ccccc54)ccc1B3c1ccc(-n3c4ccccc4c4ccccc43)cc1N2c1ccc(-c2ccccc2)cc1. The molecule has 72 heavy (non-hydrogen) atoms. The summed E-state index contributed by atoms with van der Waals surface area (Å²) in [5.74, 6) is 0. The van der Waals surface area contributed by atoms with Crippen LogP contribution in [0.3, 0.4) is 0 Å². The van der Waals surface area contributed by atoms with Gasteiger partial charge in [0.25, 0.3) is 6.71 Å². The van der Waals surface area contributed by atoms with Crippen molar-refractivity contribution in [3.63, 3.8) is 0 Å². The summed E-state index contributed by atoms with van der Waals surface area (Å²) in [6.45, 7) is 2.20. The van der Waals surface area contributed by atoms with Crippen molar-refractivity contribution >= 4 is 101 Å². The molecule has 0 unspecified atom stereocenters. The van der Waals surface area contributed by atoms with Crippen molar-refractivity contribution in [2.75, 3.05) is 9.80 Å². The lowest BCUT2D eigenvalue weighted by Gasteiger charge is -2.44. The Bertz CT molecular complexity index is 3910. The number of hydrogen-bond donors (Lipinski definition) is 0. The summed E-state index contributed by atoms with van der Waals surface area (Å²) in [7, 11) is 0. The predicted octanol–water partition coefficient (Wildman–Crippen LogP) is 15.6. The van der Waals surface area contributed by atoms with E-state index in [0.29, 0.717) is 0 Å². The summed E-state index contributed by atoms with van der Waals surface area (Å²) < 4.78 is 4.90. The van der Waals surface area contributed by atoms with E-state index in [-0.39, 0.29) is 6.71 Å². The third-order valence-electron chi connectivity index (χ3n) is 15.3. The third-order valence-corrected chi connectivity index (χ3v) is 15.3. The molecular weight excluding hydrogens is 872 g/mol. The maximum absolute atomic E-state index is 2.54. The Morgan fingerprint density at radius 3 is 0.972 bits per heavy atom. The number of hydrogen-bond acceptors (Lipinski definition) is 2. The molecule has 0 fully saturated rings. The van der Waals surface area contributed by atoms with Crippen molar-refractivity contribution < 1.29 is 0 Å². The van der Waals surface area contributed by atoms with Gasteiger partial charge in [-0.1, -0.05) is 170 Å². The minimum atomic E-state index is -0.0558. The quantitative estimate of drug-likeness (QED) is 0.155. The zero-order valence-corrected chi connectivity index (χ0v) is 39.6. The fourth-order valence-electron chi connectivity index (χ4n) is 12.2. The van der Waals surface area contributed by atoms with Crippen LogP contribution < -0.4 is 26.2 Å². The molecule has 0 aliphatic carbocycles. The van der Waals surface area contributed by atoms with Gasteiger partial charge >= 0.3 is 0 Å². The first-order valence-corrected chi connectivity index (χ1v) is 25.0. The highest BCUT2D eigenvalue weighted by molar-refractivity contribution is 7.00. The van der Waals surface area contributed by atoms with Crippen LogP contribution in [-0.2, 0) is 0 Å². The van der Waals surface area contributed by atoms with E-state index >= 15 is 0 Å². The van der Waals surface area contributed by atoms with Crippen LogP contribution in [0.4, 0.5) is 34.1 Å². The second kappa shape index (κ2) is 15.9. The molecule has 5 heteroatoms. The number of anilines is 6. The number of aryl methyl sites for hydroxylation is 1. The molecule has 2 aliphatic rings. The van der Waals surface area contributed by atoms with Crippen molar-refractivity contribution in [2.45, 2.75) is 6.92 Å². The predicted molar refractivity (Wildman–Crippen MR) is 305 cm³/mol. The summed E-state index contributed by atoms with van der Waals surface area (Å²) in [6.07, 6.45) is 0. The van der Waals surface area contributed by atoms with Crippen LogP contribution in [-0.4, -0.2) is 15.8 Å². The molecule has 0 saturated carbocycles. The summed E-state index contributed by atoms with van der Waals surface area (Å²) in [5, 5.41) is 5.01. The lowest BCUT2D eigenvalue weighted by atomic mass is 9.33. The minimum Gasteiger partial charge on any atom is -0.311 e. The molecule has 336 valence electrons. The van der Waals surface area contributed by atoms with Gasteiger partial charge in [0.15, 0.2) is 0 Å². The van der Waals surface area contributed by atoms with Gasteiger partial charge in [-0.15, -0.1) is 0 Å². The normalized spacial score (nSPS) is 12.7. The molecule has 0 radical (unpaired) electrons. The van der Waals surface area contributed by atoms with Gasteiger partial charge in [0.05, 0.1) is 22.1 Å². The zero-order chi connectivity index (χ0) is 47.4. The Morgan fingerprint density at radius 2 is 0.597 bits per heavy atom. The lowest BCUT2D eigenvalue weighted by Crippen LogP contribution is -2.61. The Balaban J connectivity index is 1.00. The Morgan fingerprint density at radius 1 is 0.278 bits per heavy atom. The first-order chi connectivity index (χ1) is 35.6. The lowest BCUT2D eigenvalue weighted by molar-refractivity contribution is 1.16. The van der Waals surface area contributed by atoms with E-state index in [4.69, 9.17) is 0 Å². The molecule has 0 N–H and O–H groups in total. The Labute approximate surface area is 418 Å². The number of benzene rings is 11. The highest BCUT2D eigenvalue weighted by Crippen LogP contribution is 2.47. The minimum absolute atomic E-state index is 0.0558. The average Bonchev–Trinajstić information content (AvgIpc) is 3.96. The van der Waals surface area contributed by atoms with E-state index in [1.807, 2.05) is 0 Å². The Hall–Kier alpha value is -9.32. The van der Waals surface area contributed by atoms with Gasteiger partial charge in [0, 0.05) is 67.0 Å². The highest BCUT2D eigenvalue weighted by Gasteiger charge is 2.44. The molecule has 11 aromatic carbocycles. The van der Waals surface area contributed by atoms with E-state index in [1.54, 1.807) is 0 Å². The molecule has 4 heterocycles. The standard InChI is InChI=1S/C67H45BN4/c1-44-40-65-67-66(41-44)70(50-34-30-48(31-35-50)46-18-6-3-7-19-46)64-43-52(72-61-26-14-10-22-55(61)56-23-11-15-27-62(56)72)37-39-58(64)68(67)57-38-36-51(71-59-24-12-8-20-53(59)54-21-9-13-25-60(54)71)42-63(57)69(65)49-32-28-47(29-33-49)45-16-4-2-5-17-45/h2-43H,1H3. The maximum Gasteiger partial charge on any atom is 0.252 e. The second-order valence-electron chi connectivity index (χ2n) is 19.4. The van der Waals surface area contributed by atoms with Gasteiger partial charge in [0.2, 0.25) is 0 Å². The van der Waals surface area contributed by atoms with Crippen LogP contribution in [0.15, 0.2) is 255 Å². The van der Waals surface area contributed by atoms with Crippen molar-refractivity contribution in [3.8, 4) is 33.6 Å². The summed E-state index contributed by atoms with van der Waals surface area (Å²) in [5.41, 5.74) is 23.9. The van der Waals surface area contributed by atoms with Gasteiger partial charge in [-0.2, -0.15) is 0 Å². The van der Waals surface area contributed by atoms with Crippen LogP contribution in [0, 0.1) is 6.92 Å². The van der Waals surface area contributed by atoms with Crippen LogP contribution >= 0.6 is 0 Å². The molecule has 0 amide bonds. The fraction of sp³-hybridized carbons (Fsp3) is 0.0149. The van der Waals surface area contributed by atoms with Crippen LogP contribution in [0.25, 0.3) is 77.2 Å². The van der Waals surface area contributed by atoms with Crippen molar-refractivity contribution in [1.82, 2.24) is 9.13 Å². The molecule has 2 aromatic heterocycles. The molecule has 0 bridgehead atoms. The molecule has 4 nitrogen and oxygen atoms in total. The van der Waals surface area contributed by atoms with Gasteiger partial charge in [-0.3, -0.25) is 0 Å². The molecular formula is C67H45BN4. The average molecular weight is 917 g/mol.